The highest BCUT2D eigenvalue weighted by Gasteiger charge is 2.27. The Kier molecular flexibility index (Phi) is 5.89. The largest absolute Gasteiger partial charge is 0.468 e. The minimum atomic E-state index is -0.998. The van der Waals surface area contributed by atoms with E-state index >= 15 is 0 Å². The van der Waals surface area contributed by atoms with Gasteiger partial charge in [0.25, 0.3) is 0 Å². The molecule has 0 aliphatic rings. The SMILES string of the molecule is COC(=O)C(C=NC(C)C)C(=O)c1cccc(Br)c1. The number of benzene rings is 1. The highest BCUT2D eigenvalue weighted by molar-refractivity contribution is 9.10. The summed E-state index contributed by atoms with van der Waals surface area (Å²) in [4.78, 5) is 28.1. The first-order valence-corrected chi connectivity index (χ1v) is 6.66. The van der Waals surface area contributed by atoms with Gasteiger partial charge >= 0.3 is 5.97 Å². The van der Waals surface area contributed by atoms with Gasteiger partial charge in [0.2, 0.25) is 0 Å². The number of hydrogen-bond donors (Lipinski definition) is 0. The Balaban J connectivity index is 3.04. The summed E-state index contributed by atoms with van der Waals surface area (Å²) in [5.41, 5.74) is 0.444. The zero-order valence-corrected chi connectivity index (χ0v) is 12.7. The monoisotopic (exact) mass is 325 g/mol. The third-order valence-electron chi connectivity index (χ3n) is 2.38. The van der Waals surface area contributed by atoms with Crippen LogP contribution in [0.3, 0.4) is 0 Å². The Hall–Kier alpha value is -1.49. The van der Waals surface area contributed by atoms with Gasteiger partial charge in [-0.25, -0.2) is 0 Å². The molecule has 0 aromatic heterocycles. The Bertz CT molecular complexity index is 497. The summed E-state index contributed by atoms with van der Waals surface area (Å²) in [6.45, 7) is 3.74. The second-order valence-electron chi connectivity index (χ2n) is 4.27. The number of Topliss-reactive ketones (excluding diaryl/α,β-unsaturated/α-hetero) is 1. The van der Waals surface area contributed by atoms with Crippen molar-refractivity contribution >= 4 is 33.9 Å². The highest BCUT2D eigenvalue weighted by atomic mass is 79.9. The summed E-state index contributed by atoms with van der Waals surface area (Å²) in [6.07, 6.45) is 1.36. The number of rotatable bonds is 5. The molecule has 0 spiro atoms. The molecule has 0 saturated carbocycles. The van der Waals surface area contributed by atoms with E-state index in [4.69, 9.17) is 0 Å². The van der Waals surface area contributed by atoms with Gasteiger partial charge in [-0.15, -0.1) is 0 Å². The Morgan fingerprint density at radius 2 is 2.05 bits per heavy atom. The smallest absolute Gasteiger partial charge is 0.322 e. The van der Waals surface area contributed by atoms with Crippen LogP contribution in [0.25, 0.3) is 0 Å². The lowest BCUT2D eigenvalue weighted by Crippen LogP contribution is -2.27. The summed E-state index contributed by atoms with van der Waals surface area (Å²) >= 11 is 3.29. The van der Waals surface area contributed by atoms with Crippen LogP contribution in [0.1, 0.15) is 24.2 Å². The molecule has 0 fully saturated rings. The van der Waals surface area contributed by atoms with Crippen molar-refractivity contribution in [2.75, 3.05) is 7.11 Å². The van der Waals surface area contributed by atoms with Gasteiger partial charge in [0.1, 0.15) is 0 Å². The fraction of sp³-hybridized carbons (Fsp3) is 0.357. The first kappa shape index (κ1) is 15.6. The van der Waals surface area contributed by atoms with Crippen molar-refractivity contribution in [1.29, 1.82) is 0 Å². The fourth-order valence-corrected chi connectivity index (χ4v) is 1.84. The third kappa shape index (κ3) is 4.59. The molecule has 1 atom stereocenters. The predicted octanol–water partition coefficient (Wildman–Crippen LogP) is 2.90. The number of ketones is 1. The molecule has 0 bridgehead atoms. The standard InChI is InChI=1S/C14H16BrNO3/c1-9(2)16-8-12(14(18)19-3)13(17)10-5-4-6-11(15)7-10/h4-9,12H,1-3H3. The van der Waals surface area contributed by atoms with E-state index in [2.05, 4.69) is 25.7 Å². The van der Waals surface area contributed by atoms with Crippen molar-refractivity contribution in [2.45, 2.75) is 19.9 Å². The molecule has 0 aliphatic carbocycles. The van der Waals surface area contributed by atoms with E-state index in [1.807, 2.05) is 19.9 Å². The molecule has 1 aromatic carbocycles. The van der Waals surface area contributed by atoms with Gasteiger partial charge in [-0.05, 0) is 26.0 Å². The lowest BCUT2D eigenvalue weighted by Gasteiger charge is -2.10. The van der Waals surface area contributed by atoms with Crippen LogP contribution in [0.4, 0.5) is 0 Å². The number of ether oxygens (including phenoxy) is 1. The normalized spacial score (nSPS) is 12.7. The van der Waals surface area contributed by atoms with Crippen LogP contribution in [-0.2, 0) is 9.53 Å². The van der Waals surface area contributed by atoms with Crippen molar-refractivity contribution in [3.63, 3.8) is 0 Å². The molecule has 0 radical (unpaired) electrons. The van der Waals surface area contributed by atoms with Gasteiger partial charge in [0, 0.05) is 22.3 Å². The Morgan fingerprint density at radius 3 is 2.58 bits per heavy atom. The molecule has 1 unspecified atom stereocenters. The van der Waals surface area contributed by atoms with Crippen molar-refractivity contribution < 1.29 is 14.3 Å². The molecule has 0 saturated heterocycles. The summed E-state index contributed by atoms with van der Waals surface area (Å²) in [7, 11) is 1.26. The van der Waals surface area contributed by atoms with Crippen molar-refractivity contribution in [2.24, 2.45) is 10.9 Å². The van der Waals surface area contributed by atoms with E-state index in [1.54, 1.807) is 18.2 Å². The zero-order chi connectivity index (χ0) is 14.4. The van der Waals surface area contributed by atoms with Crippen LogP contribution >= 0.6 is 15.9 Å². The quantitative estimate of drug-likeness (QED) is 0.362. The van der Waals surface area contributed by atoms with Crippen molar-refractivity contribution in [3.8, 4) is 0 Å². The van der Waals surface area contributed by atoms with Gasteiger partial charge < -0.3 is 4.74 Å². The molecule has 0 aliphatic heterocycles. The van der Waals surface area contributed by atoms with Crippen LogP contribution in [0, 0.1) is 5.92 Å². The number of esters is 1. The summed E-state index contributed by atoms with van der Waals surface area (Å²) in [5, 5.41) is 0. The molecule has 0 heterocycles. The van der Waals surface area contributed by atoms with Gasteiger partial charge in [0.05, 0.1) is 7.11 Å². The van der Waals surface area contributed by atoms with E-state index in [0.717, 1.165) is 4.47 Å². The lowest BCUT2D eigenvalue weighted by atomic mass is 9.98. The van der Waals surface area contributed by atoms with Gasteiger partial charge in [-0.2, -0.15) is 0 Å². The molecule has 0 N–H and O–H groups in total. The number of methoxy groups -OCH3 is 1. The number of carbonyl (C=O) groups is 2. The number of aliphatic imine (C=N–C) groups is 1. The van der Waals surface area contributed by atoms with Crippen LogP contribution < -0.4 is 0 Å². The van der Waals surface area contributed by atoms with Gasteiger partial charge in [0.15, 0.2) is 11.7 Å². The van der Waals surface area contributed by atoms with E-state index in [0.29, 0.717) is 5.56 Å². The second-order valence-corrected chi connectivity index (χ2v) is 5.18. The van der Waals surface area contributed by atoms with Crippen LogP contribution in [0.2, 0.25) is 0 Å². The van der Waals surface area contributed by atoms with Crippen LogP contribution in [0.5, 0.6) is 0 Å². The minimum Gasteiger partial charge on any atom is -0.468 e. The van der Waals surface area contributed by atoms with Crippen LogP contribution in [0.15, 0.2) is 33.7 Å². The number of carbonyl (C=O) groups excluding carboxylic acids is 2. The predicted molar refractivity (Wildman–Crippen MR) is 77.6 cm³/mol. The first-order chi connectivity index (χ1) is 8.95. The molecule has 4 nitrogen and oxygen atoms in total. The minimum absolute atomic E-state index is 0.0162. The van der Waals surface area contributed by atoms with E-state index < -0.39 is 11.9 Å². The Labute approximate surface area is 121 Å². The molecular weight excluding hydrogens is 310 g/mol. The van der Waals surface area contributed by atoms with E-state index in [1.165, 1.54) is 13.3 Å². The number of hydrogen-bond acceptors (Lipinski definition) is 4. The summed E-state index contributed by atoms with van der Waals surface area (Å²) in [6, 6.07) is 6.90. The molecule has 1 rings (SSSR count). The maximum absolute atomic E-state index is 12.3. The maximum atomic E-state index is 12.3. The molecule has 0 amide bonds. The average molecular weight is 326 g/mol. The summed E-state index contributed by atoms with van der Waals surface area (Å²) in [5.74, 6) is -1.92. The molecule has 5 heteroatoms. The molecule has 1 aromatic rings. The second kappa shape index (κ2) is 7.19. The van der Waals surface area contributed by atoms with Crippen molar-refractivity contribution in [1.82, 2.24) is 0 Å². The van der Waals surface area contributed by atoms with Gasteiger partial charge in [-0.3, -0.25) is 14.6 Å². The Morgan fingerprint density at radius 1 is 1.37 bits per heavy atom. The van der Waals surface area contributed by atoms with E-state index in [-0.39, 0.29) is 11.8 Å². The average Bonchev–Trinajstić information content (AvgIpc) is 2.38. The third-order valence-corrected chi connectivity index (χ3v) is 2.87. The maximum Gasteiger partial charge on any atom is 0.322 e. The highest BCUT2D eigenvalue weighted by Crippen LogP contribution is 2.15. The number of halogens is 1. The number of nitrogens with zero attached hydrogens (tertiary/aromatic N) is 1. The lowest BCUT2D eigenvalue weighted by molar-refractivity contribution is -0.141. The molecule has 19 heavy (non-hydrogen) atoms. The zero-order valence-electron chi connectivity index (χ0n) is 11.1. The fourth-order valence-electron chi connectivity index (χ4n) is 1.44. The van der Waals surface area contributed by atoms with Crippen molar-refractivity contribution in [3.05, 3.63) is 34.3 Å². The molecule has 102 valence electrons. The van der Waals surface area contributed by atoms with Crippen LogP contribution in [-0.4, -0.2) is 31.1 Å². The topological polar surface area (TPSA) is 55.7 Å². The van der Waals surface area contributed by atoms with E-state index in [9.17, 15) is 9.59 Å². The molecular formula is C14H16BrNO3. The first-order valence-electron chi connectivity index (χ1n) is 5.86. The van der Waals surface area contributed by atoms with Gasteiger partial charge in [-0.1, -0.05) is 28.1 Å². The summed E-state index contributed by atoms with van der Waals surface area (Å²) < 4.78 is 5.44.